The van der Waals surface area contributed by atoms with Gasteiger partial charge in [-0.25, -0.2) is 4.39 Å². The summed E-state index contributed by atoms with van der Waals surface area (Å²) in [5.41, 5.74) is 5.87. The van der Waals surface area contributed by atoms with E-state index >= 15 is 0 Å². The van der Waals surface area contributed by atoms with Crippen molar-refractivity contribution in [1.82, 2.24) is 0 Å². The second-order valence-corrected chi connectivity index (χ2v) is 3.51. The van der Waals surface area contributed by atoms with Crippen molar-refractivity contribution in [1.29, 1.82) is 0 Å². The van der Waals surface area contributed by atoms with Gasteiger partial charge in [0.15, 0.2) is 0 Å². The number of benzene rings is 1. The number of ether oxygens (including phenoxy) is 1. The van der Waals surface area contributed by atoms with Crippen LogP contribution in [0.5, 0.6) is 5.75 Å². The van der Waals surface area contributed by atoms with Crippen LogP contribution in [0.4, 0.5) is 10.1 Å². The summed E-state index contributed by atoms with van der Waals surface area (Å²) in [6.07, 6.45) is 0.897. The van der Waals surface area contributed by atoms with Crippen LogP contribution in [0.15, 0.2) is 16.6 Å². The fraction of sp³-hybridized carbons (Fsp3) is 0.333. The SMILES string of the molecule is CCCOc1cc(Br)c(F)cc1N. The van der Waals surface area contributed by atoms with E-state index in [1.807, 2.05) is 6.92 Å². The fourth-order valence-corrected chi connectivity index (χ4v) is 1.20. The Balaban J connectivity index is 2.88. The molecule has 1 aromatic carbocycles. The van der Waals surface area contributed by atoms with Gasteiger partial charge in [-0.05, 0) is 28.4 Å². The number of nitrogen functional groups attached to an aromatic ring is 1. The molecule has 0 amide bonds. The number of anilines is 1. The lowest BCUT2D eigenvalue weighted by Gasteiger charge is -2.08. The highest BCUT2D eigenvalue weighted by molar-refractivity contribution is 9.10. The van der Waals surface area contributed by atoms with Crippen LogP contribution in [-0.2, 0) is 0 Å². The summed E-state index contributed by atoms with van der Waals surface area (Å²) in [4.78, 5) is 0. The molecular weight excluding hydrogens is 237 g/mol. The Morgan fingerprint density at radius 3 is 2.85 bits per heavy atom. The number of rotatable bonds is 3. The molecule has 13 heavy (non-hydrogen) atoms. The minimum Gasteiger partial charge on any atom is -0.491 e. The molecule has 0 spiro atoms. The van der Waals surface area contributed by atoms with Crippen LogP contribution in [-0.4, -0.2) is 6.61 Å². The minimum atomic E-state index is -0.374. The average Bonchev–Trinajstić information content (AvgIpc) is 2.09. The topological polar surface area (TPSA) is 35.2 Å². The molecule has 0 aromatic heterocycles. The lowest BCUT2D eigenvalue weighted by Crippen LogP contribution is -1.99. The van der Waals surface area contributed by atoms with Crippen molar-refractivity contribution in [2.45, 2.75) is 13.3 Å². The third-order valence-corrected chi connectivity index (χ3v) is 2.12. The largest absolute Gasteiger partial charge is 0.491 e. The van der Waals surface area contributed by atoms with Gasteiger partial charge in [0.1, 0.15) is 11.6 Å². The van der Waals surface area contributed by atoms with Gasteiger partial charge in [-0.2, -0.15) is 0 Å². The van der Waals surface area contributed by atoms with E-state index in [1.165, 1.54) is 6.07 Å². The third kappa shape index (κ3) is 2.59. The average molecular weight is 248 g/mol. The van der Waals surface area contributed by atoms with E-state index < -0.39 is 0 Å². The number of nitrogens with two attached hydrogens (primary N) is 1. The molecule has 4 heteroatoms. The van der Waals surface area contributed by atoms with Crippen LogP contribution in [0.1, 0.15) is 13.3 Å². The Morgan fingerprint density at radius 1 is 1.54 bits per heavy atom. The predicted octanol–water partition coefficient (Wildman–Crippen LogP) is 2.96. The van der Waals surface area contributed by atoms with Gasteiger partial charge in [0.25, 0.3) is 0 Å². The molecule has 0 bridgehead atoms. The molecule has 1 rings (SSSR count). The Kier molecular flexibility index (Phi) is 3.54. The van der Waals surface area contributed by atoms with E-state index in [9.17, 15) is 4.39 Å². The van der Waals surface area contributed by atoms with E-state index in [4.69, 9.17) is 10.5 Å². The van der Waals surface area contributed by atoms with Gasteiger partial charge >= 0.3 is 0 Å². The molecule has 2 N–H and O–H groups in total. The van der Waals surface area contributed by atoms with Crippen molar-refractivity contribution >= 4 is 21.6 Å². The maximum absolute atomic E-state index is 12.9. The van der Waals surface area contributed by atoms with Crippen molar-refractivity contribution in [3.05, 3.63) is 22.4 Å². The fourth-order valence-electron chi connectivity index (χ4n) is 0.881. The zero-order valence-electron chi connectivity index (χ0n) is 7.31. The molecule has 0 fully saturated rings. The van der Waals surface area contributed by atoms with E-state index in [0.717, 1.165) is 6.42 Å². The first kappa shape index (κ1) is 10.3. The van der Waals surface area contributed by atoms with Gasteiger partial charge in [0.05, 0.1) is 16.8 Å². The van der Waals surface area contributed by atoms with Crippen LogP contribution in [0, 0.1) is 5.82 Å². The first-order valence-corrected chi connectivity index (χ1v) is 4.81. The van der Waals surface area contributed by atoms with E-state index in [0.29, 0.717) is 22.5 Å². The van der Waals surface area contributed by atoms with Crippen molar-refractivity contribution in [3.63, 3.8) is 0 Å². The van der Waals surface area contributed by atoms with Crippen LogP contribution in [0.25, 0.3) is 0 Å². The summed E-state index contributed by atoms with van der Waals surface area (Å²) in [5.74, 6) is 0.150. The smallest absolute Gasteiger partial charge is 0.143 e. The second-order valence-electron chi connectivity index (χ2n) is 2.65. The molecule has 0 atom stereocenters. The highest BCUT2D eigenvalue weighted by Crippen LogP contribution is 2.28. The molecule has 2 nitrogen and oxygen atoms in total. The maximum atomic E-state index is 12.9. The first-order valence-electron chi connectivity index (χ1n) is 4.02. The third-order valence-electron chi connectivity index (χ3n) is 1.51. The molecule has 1 aromatic rings. The molecule has 0 aliphatic rings. The monoisotopic (exact) mass is 247 g/mol. The molecule has 0 unspecified atom stereocenters. The number of hydrogen-bond donors (Lipinski definition) is 1. The Labute approximate surface area is 85.0 Å². The highest BCUT2D eigenvalue weighted by atomic mass is 79.9. The number of hydrogen-bond acceptors (Lipinski definition) is 2. The van der Waals surface area contributed by atoms with Crippen molar-refractivity contribution in [3.8, 4) is 5.75 Å². The summed E-state index contributed by atoms with van der Waals surface area (Å²) < 4.78 is 18.6. The van der Waals surface area contributed by atoms with Gasteiger partial charge in [-0.15, -0.1) is 0 Å². The molecule has 0 saturated heterocycles. The normalized spacial score (nSPS) is 10.1. The van der Waals surface area contributed by atoms with Gasteiger partial charge in [0, 0.05) is 6.07 Å². The Hall–Kier alpha value is -0.770. The van der Waals surface area contributed by atoms with Gasteiger partial charge < -0.3 is 10.5 Å². The molecular formula is C9H11BrFNO. The molecule has 0 aliphatic heterocycles. The first-order chi connectivity index (χ1) is 6.15. The maximum Gasteiger partial charge on any atom is 0.143 e. The van der Waals surface area contributed by atoms with E-state index in [-0.39, 0.29) is 5.82 Å². The minimum absolute atomic E-state index is 0.328. The van der Waals surface area contributed by atoms with E-state index in [2.05, 4.69) is 15.9 Å². The Bertz CT molecular complexity index is 304. The Morgan fingerprint density at radius 2 is 2.23 bits per heavy atom. The summed E-state index contributed by atoms with van der Waals surface area (Å²) in [6, 6.07) is 2.79. The molecule has 0 saturated carbocycles. The molecule has 0 aliphatic carbocycles. The molecule has 0 radical (unpaired) electrons. The highest BCUT2D eigenvalue weighted by Gasteiger charge is 2.06. The van der Waals surface area contributed by atoms with Crippen molar-refractivity contribution in [2.24, 2.45) is 0 Å². The summed E-state index contributed by atoms with van der Waals surface area (Å²) in [6.45, 7) is 2.58. The lowest BCUT2D eigenvalue weighted by atomic mass is 10.3. The lowest BCUT2D eigenvalue weighted by molar-refractivity contribution is 0.318. The summed E-state index contributed by atoms with van der Waals surface area (Å²) in [5, 5.41) is 0. The molecule has 72 valence electrons. The standard InChI is InChI=1S/C9H11BrFNO/c1-2-3-13-9-4-6(10)7(11)5-8(9)12/h4-5H,2-3,12H2,1H3. The predicted molar refractivity (Wildman–Crippen MR) is 54.3 cm³/mol. The number of halogens is 2. The van der Waals surface area contributed by atoms with Crippen molar-refractivity contribution < 1.29 is 9.13 Å². The van der Waals surface area contributed by atoms with Gasteiger partial charge in [0.2, 0.25) is 0 Å². The molecule has 0 heterocycles. The summed E-state index contributed by atoms with van der Waals surface area (Å²) >= 11 is 3.06. The van der Waals surface area contributed by atoms with Crippen molar-refractivity contribution in [2.75, 3.05) is 12.3 Å². The van der Waals surface area contributed by atoms with E-state index in [1.54, 1.807) is 6.07 Å². The zero-order chi connectivity index (χ0) is 9.84. The summed E-state index contributed by atoms with van der Waals surface area (Å²) in [7, 11) is 0. The van der Waals surface area contributed by atoms with Gasteiger partial charge in [-0.3, -0.25) is 0 Å². The van der Waals surface area contributed by atoms with Crippen LogP contribution in [0.2, 0.25) is 0 Å². The van der Waals surface area contributed by atoms with Crippen LogP contribution in [0.3, 0.4) is 0 Å². The van der Waals surface area contributed by atoms with Crippen LogP contribution < -0.4 is 10.5 Å². The quantitative estimate of drug-likeness (QED) is 0.834. The van der Waals surface area contributed by atoms with Crippen LogP contribution >= 0.6 is 15.9 Å². The zero-order valence-corrected chi connectivity index (χ0v) is 8.90. The second kappa shape index (κ2) is 4.46. The van der Waals surface area contributed by atoms with Gasteiger partial charge in [-0.1, -0.05) is 6.92 Å².